The Labute approximate surface area is 141 Å². The molecule has 1 aliphatic carbocycles. The lowest BCUT2D eigenvalue weighted by Gasteiger charge is -2.19. The van der Waals surface area contributed by atoms with E-state index in [9.17, 15) is 9.90 Å². The van der Waals surface area contributed by atoms with E-state index < -0.39 is 12.0 Å². The molecule has 2 aromatic heterocycles. The Bertz CT molecular complexity index is 731. The quantitative estimate of drug-likeness (QED) is 0.848. The van der Waals surface area contributed by atoms with Crippen molar-refractivity contribution in [1.29, 1.82) is 0 Å². The van der Waals surface area contributed by atoms with Crippen LogP contribution in [0.3, 0.4) is 0 Å². The number of carboxylic acids is 1. The van der Waals surface area contributed by atoms with Crippen LogP contribution in [-0.4, -0.2) is 32.1 Å². The van der Waals surface area contributed by atoms with Crippen LogP contribution in [0.2, 0.25) is 0 Å². The van der Waals surface area contributed by atoms with E-state index in [-0.39, 0.29) is 5.92 Å². The minimum absolute atomic E-state index is 0.284. The topological polar surface area (TPSA) is 88.0 Å². The molecule has 1 atom stereocenters. The van der Waals surface area contributed by atoms with Gasteiger partial charge < -0.3 is 10.4 Å². The maximum absolute atomic E-state index is 11.6. The third-order valence-electron chi connectivity index (χ3n) is 4.17. The second-order valence-corrected chi connectivity index (χ2v) is 6.58. The van der Waals surface area contributed by atoms with Gasteiger partial charge in [0.1, 0.15) is 11.9 Å². The molecule has 1 unspecified atom stereocenters. The number of fused-ring (bicyclic) bond motifs is 1. The molecule has 1 aliphatic rings. The molecule has 6 heteroatoms. The molecular formula is C18H22N4O2. The van der Waals surface area contributed by atoms with E-state index in [4.69, 9.17) is 0 Å². The first-order valence-electron chi connectivity index (χ1n) is 8.34. The first kappa shape index (κ1) is 16.4. The van der Waals surface area contributed by atoms with Crippen LogP contribution in [0.5, 0.6) is 0 Å². The highest BCUT2D eigenvalue weighted by molar-refractivity contribution is 5.77. The van der Waals surface area contributed by atoms with Crippen molar-refractivity contribution in [2.24, 2.45) is 5.92 Å². The van der Waals surface area contributed by atoms with Gasteiger partial charge in [0.2, 0.25) is 0 Å². The number of nitrogens with one attached hydrogen (secondary N) is 1. The van der Waals surface area contributed by atoms with E-state index in [1.54, 1.807) is 12.4 Å². The summed E-state index contributed by atoms with van der Waals surface area (Å²) in [5.74, 6) is 0.688. The summed E-state index contributed by atoms with van der Waals surface area (Å²) in [4.78, 5) is 25.0. The molecule has 0 aliphatic heterocycles. The number of hydrogen-bond acceptors (Lipinski definition) is 5. The summed E-state index contributed by atoms with van der Waals surface area (Å²) in [5, 5.41) is 12.7. The number of nitrogens with zero attached hydrogens (tertiary/aromatic N) is 3. The normalized spacial score (nSPS) is 14.5. The van der Waals surface area contributed by atoms with Gasteiger partial charge in [-0.2, -0.15) is 0 Å². The number of aliphatic carboxylic acids is 1. The number of carbonyl (C=O) groups is 1. The second-order valence-electron chi connectivity index (χ2n) is 6.58. The van der Waals surface area contributed by atoms with Crippen molar-refractivity contribution >= 4 is 11.8 Å². The lowest BCUT2D eigenvalue weighted by Crippen LogP contribution is -2.31. The highest BCUT2D eigenvalue weighted by Crippen LogP contribution is 2.29. The Morgan fingerprint density at radius 1 is 1.33 bits per heavy atom. The van der Waals surface area contributed by atoms with E-state index >= 15 is 0 Å². The molecule has 0 amide bonds. The van der Waals surface area contributed by atoms with E-state index in [0.717, 1.165) is 36.1 Å². The average molecular weight is 326 g/mol. The number of hydrogen-bond donors (Lipinski definition) is 2. The summed E-state index contributed by atoms with van der Waals surface area (Å²) < 4.78 is 0. The van der Waals surface area contributed by atoms with Gasteiger partial charge in [0.25, 0.3) is 0 Å². The molecule has 0 aromatic carbocycles. The van der Waals surface area contributed by atoms with Crippen molar-refractivity contribution in [3.63, 3.8) is 0 Å². The number of aromatic nitrogens is 3. The van der Waals surface area contributed by atoms with Crippen LogP contribution in [0.1, 0.15) is 37.9 Å². The summed E-state index contributed by atoms with van der Waals surface area (Å²) in [7, 11) is 0. The minimum atomic E-state index is -0.850. The molecule has 2 heterocycles. The maximum Gasteiger partial charge on any atom is 0.326 e. The summed E-state index contributed by atoms with van der Waals surface area (Å²) in [5.41, 5.74) is 2.91. The van der Waals surface area contributed by atoms with Gasteiger partial charge in [-0.15, -0.1) is 0 Å². The zero-order valence-corrected chi connectivity index (χ0v) is 14.0. The molecule has 0 fully saturated rings. The van der Waals surface area contributed by atoms with E-state index in [0.29, 0.717) is 18.1 Å². The Hall–Kier alpha value is -2.50. The fourth-order valence-electron chi connectivity index (χ4n) is 3.03. The van der Waals surface area contributed by atoms with Gasteiger partial charge in [-0.1, -0.05) is 13.8 Å². The maximum atomic E-state index is 11.6. The number of rotatable bonds is 6. The number of pyridine rings is 1. The Kier molecular flexibility index (Phi) is 4.74. The molecule has 0 saturated carbocycles. The molecule has 126 valence electrons. The standard InChI is InChI=1S/C18H22N4O2/c1-11(2)9-15(18(23)24)21-17-13-6-3-7-14(13)20-16(22-17)12-5-4-8-19-10-12/h4-5,8,10-11,15H,3,6-7,9H2,1-2H3,(H,23,24)(H,20,21,22). The zero-order chi connectivity index (χ0) is 17.1. The largest absolute Gasteiger partial charge is 0.480 e. The first-order valence-corrected chi connectivity index (χ1v) is 8.34. The average Bonchev–Trinajstić information content (AvgIpc) is 3.03. The molecule has 2 N–H and O–H groups in total. The second kappa shape index (κ2) is 6.95. The molecule has 24 heavy (non-hydrogen) atoms. The van der Waals surface area contributed by atoms with Crippen LogP contribution < -0.4 is 5.32 Å². The SMILES string of the molecule is CC(C)CC(Nc1nc(-c2cccnc2)nc2c1CCC2)C(=O)O. The van der Waals surface area contributed by atoms with Crippen molar-refractivity contribution in [3.05, 3.63) is 35.8 Å². The van der Waals surface area contributed by atoms with Gasteiger partial charge in [-0.3, -0.25) is 4.98 Å². The number of anilines is 1. The molecule has 2 aromatic rings. The minimum Gasteiger partial charge on any atom is -0.480 e. The fraction of sp³-hybridized carbons (Fsp3) is 0.444. The summed E-state index contributed by atoms with van der Waals surface area (Å²) in [6, 6.07) is 3.11. The Morgan fingerprint density at radius 3 is 2.83 bits per heavy atom. The summed E-state index contributed by atoms with van der Waals surface area (Å²) in [6.45, 7) is 4.03. The number of carboxylic acid groups (broad SMARTS) is 1. The molecule has 0 saturated heterocycles. The van der Waals surface area contributed by atoms with Crippen LogP contribution in [0, 0.1) is 5.92 Å². The number of aryl methyl sites for hydroxylation is 1. The monoisotopic (exact) mass is 326 g/mol. The van der Waals surface area contributed by atoms with Gasteiger partial charge >= 0.3 is 5.97 Å². The van der Waals surface area contributed by atoms with Crippen LogP contribution in [-0.2, 0) is 17.6 Å². The van der Waals surface area contributed by atoms with Crippen molar-refractivity contribution in [2.75, 3.05) is 5.32 Å². The summed E-state index contributed by atoms with van der Waals surface area (Å²) >= 11 is 0. The van der Waals surface area contributed by atoms with Crippen molar-refractivity contribution in [3.8, 4) is 11.4 Å². The van der Waals surface area contributed by atoms with Gasteiger partial charge in [-0.25, -0.2) is 14.8 Å². The van der Waals surface area contributed by atoms with Crippen LogP contribution in [0.25, 0.3) is 11.4 Å². The Balaban J connectivity index is 1.97. The van der Waals surface area contributed by atoms with Crippen LogP contribution in [0.15, 0.2) is 24.5 Å². The predicted octanol–water partition coefficient (Wildman–Crippen LogP) is 2.94. The highest BCUT2D eigenvalue weighted by Gasteiger charge is 2.25. The van der Waals surface area contributed by atoms with Gasteiger partial charge in [0, 0.05) is 29.2 Å². The third kappa shape index (κ3) is 3.53. The van der Waals surface area contributed by atoms with Crippen LogP contribution >= 0.6 is 0 Å². The third-order valence-corrected chi connectivity index (χ3v) is 4.17. The molecular weight excluding hydrogens is 304 g/mol. The summed E-state index contributed by atoms with van der Waals surface area (Å²) in [6.07, 6.45) is 6.80. The van der Waals surface area contributed by atoms with Crippen molar-refractivity contribution in [1.82, 2.24) is 15.0 Å². The molecule has 0 bridgehead atoms. The predicted molar refractivity (Wildman–Crippen MR) is 91.8 cm³/mol. The molecule has 3 rings (SSSR count). The lowest BCUT2D eigenvalue weighted by molar-refractivity contribution is -0.138. The highest BCUT2D eigenvalue weighted by atomic mass is 16.4. The van der Waals surface area contributed by atoms with E-state index in [1.165, 1.54) is 0 Å². The molecule has 0 radical (unpaired) electrons. The molecule has 0 spiro atoms. The molecule has 6 nitrogen and oxygen atoms in total. The van der Waals surface area contributed by atoms with Crippen LogP contribution in [0.4, 0.5) is 5.82 Å². The lowest BCUT2D eigenvalue weighted by atomic mass is 10.0. The van der Waals surface area contributed by atoms with Gasteiger partial charge in [0.15, 0.2) is 5.82 Å². The Morgan fingerprint density at radius 2 is 2.17 bits per heavy atom. The van der Waals surface area contributed by atoms with Gasteiger partial charge in [0.05, 0.1) is 0 Å². The van der Waals surface area contributed by atoms with Gasteiger partial charge in [-0.05, 0) is 43.7 Å². The van der Waals surface area contributed by atoms with Crippen molar-refractivity contribution < 1.29 is 9.90 Å². The van der Waals surface area contributed by atoms with E-state index in [2.05, 4.69) is 20.3 Å². The fourth-order valence-corrected chi connectivity index (χ4v) is 3.03. The zero-order valence-electron chi connectivity index (χ0n) is 14.0. The smallest absolute Gasteiger partial charge is 0.326 e. The van der Waals surface area contributed by atoms with E-state index in [1.807, 2.05) is 26.0 Å². The van der Waals surface area contributed by atoms with Crippen molar-refractivity contribution in [2.45, 2.75) is 45.6 Å². The first-order chi connectivity index (χ1) is 11.5.